The highest BCUT2D eigenvalue weighted by atomic mass is 32.2. The molecule has 0 aliphatic heterocycles. The zero-order chi connectivity index (χ0) is 13.5. The summed E-state index contributed by atoms with van der Waals surface area (Å²) in [5.74, 6) is 2.23. The zero-order valence-electron chi connectivity index (χ0n) is 11.3. The van der Waals surface area contributed by atoms with Crippen molar-refractivity contribution >= 4 is 17.5 Å². The lowest BCUT2D eigenvalue weighted by molar-refractivity contribution is 0.102. The molecular weight excluding hydrogens is 244 g/mol. The molecule has 0 radical (unpaired) electrons. The summed E-state index contributed by atoms with van der Waals surface area (Å²) in [7, 11) is 0. The first-order valence-corrected chi connectivity index (χ1v) is 7.51. The maximum atomic E-state index is 11.9. The number of benzene rings is 1. The number of hydrogen-bond donors (Lipinski definition) is 1. The Morgan fingerprint density at radius 3 is 2.33 bits per heavy atom. The van der Waals surface area contributed by atoms with Crippen LogP contribution in [-0.4, -0.2) is 29.0 Å². The minimum atomic E-state index is 0.167. The van der Waals surface area contributed by atoms with Gasteiger partial charge in [0.1, 0.15) is 0 Å². The third kappa shape index (κ3) is 4.83. The normalized spacial score (nSPS) is 12.7. The second-order valence-corrected chi connectivity index (χ2v) is 6.03. The highest BCUT2D eigenvalue weighted by Crippen LogP contribution is 2.16. The molecular formula is C15H22O2S. The van der Waals surface area contributed by atoms with Gasteiger partial charge in [0.05, 0.1) is 5.75 Å². The van der Waals surface area contributed by atoms with Gasteiger partial charge >= 0.3 is 0 Å². The number of aliphatic hydroxyl groups excluding tert-OH is 1. The molecule has 100 valence electrons. The summed E-state index contributed by atoms with van der Waals surface area (Å²) >= 11 is 1.59. The van der Waals surface area contributed by atoms with Crippen molar-refractivity contribution in [2.75, 3.05) is 18.1 Å². The number of Topliss-reactive ketones (excluding diaryl/α,β-unsaturated/α-hetero) is 1. The molecule has 0 saturated carbocycles. The fraction of sp³-hybridized carbons (Fsp3) is 0.533. The fourth-order valence-electron chi connectivity index (χ4n) is 1.54. The fourth-order valence-corrected chi connectivity index (χ4v) is 2.52. The average molecular weight is 266 g/mol. The van der Waals surface area contributed by atoms with Gasteiger partial charge in [0.15, 0.2) is 5.78 Å². The molecule has 0 saturated heterocycles. The van der Waals surface area contributed by atoms with Crippen LogP contribution in [0.4, 0.5) is 0 Å². The van der Waals surface area contributed by atoms with E-state index in [9.17, 15) is 4.79 Å². The number of carbonyl (C=O) groups excluding carboxylic acids is 1. The Morgan fingerprint density at radius 1 is 1.22 bits per heavy atom. The number of rotatable bonds is 7. The van der Waals surface area contributed by atoms with E-state index < -0.39 is 0 Å². The molecule has 0 aromatic heterocycles. The van der Waals surface area contributed by atoms with E-state index in [0.717, 1.165) is 11.3 Å². The van der Waals surface area contributed by atoms with E-state index in [2.05, 4.69) is 13.8 Å². The van der Waals surface area contributed by atoms with Crippen molar-refractivity contribution in [3.05, 3.63) is 35.4 Å². The Morgan fingerprint density at radius 2 is 1.83 bits per heavy atom. The van der Waals surface area contributed by atoms with Gasteiger partial charge in [-0.2, -0.15) is 11.8 Å². The highest BCUT2D eigenvalue weighted by molar-refractivity contribution is 7.99. The summed E-state index contributed by atoms with van der Waals surface area (Å²) in [6, 6.07) is 7.87. The molecule has 0 aliphatic rings. The van der Waals surface area contributed by atoms with Gasteiger partial charge in [-0.15, -0.1) is 0 Å². The molecule has 0 bridgehead atoms. The number of carbonyl (C=O) groups is 1. The topological polar surface area (TPSA) is 37.3 Å². The Balaban J connectivity index is 2.46. The minimum Gasteiger partial charge on any atom is -0.396 e. The summed E-state index contributed by atoms with van der Waals surface area (Å²) in [6.45, 7) is 6.45. The lowest BCUT2D eigenvalue weighted by atomic mass is 10.0. The number of ketones is 1. The van der Waals surface area contributed by atoms with E-state index in [-0.39, 0.29) is 18.3 Å². The first kappa shape index (κ1) is 15.3. The van der Waals surface area contributed by atoms with Crippen LogP contribution in [0.2, 0.25) is 0 Å². The predicted molar refractivity (Wildman–Crippen MR) is 78.4 cm³/mol. The van der Waals surface area contributed by atoms with Crippen molar-refractivity contribution in [2.45, 2.75) is 26.7 Å². The largest absolute Gasteiger partial charge is 0.396 e. The summed E-state index contributed by atoms with van der Waals surface area (Å²) < 4.78 is 0. The Kier molecular flexibility index (Phi) is 6.44. The average Bonchev–Trinajstić information content (AvgIpc) is 2.38. The highest BCUT2D eigenvalue weighted by Gasteiger charge is 2.08. The standard InChI is InChI=1S/C15H22O2S/c1-11(2)13-4-6-14(7-5-13)15(17)10-18-9-12(3)8-16/h4-7,11-12,16H,8-10H2,1-3H3. The van der Waals surface area contributed by atoms with Crippen LogP contribution in [0.15, 0.2) is 24.3 Å². The van der Waals surface area contributed by atoms with Crippen LogP contribution in [0.5, 0.6) is 0 Å². The van der Waals surface area contributed by atoms with Gasteiger partial charge < -0.3 is 5.11 Å². The van der Waals surface area contributed by atoms with E-state index in [4.69, 9.17) is 5.11 Å². The summed E-state index contributed by atoms with van der Waals surface area (Å²) in [4.78, 5) is 11.9. The van der Waals surface area contributed by atoms with E-state index >= 15 is 0 Å². The minimum absolute atomic E-state index is 0.167. The van der Waals surface area contributed by atoms with Crippen LogP contribution in [0.3, 0.4) is 0 Å². The van der Waals surface area contributed by atoms with Crippen molar-refractivity contribution in [1.82, 2.24) is 0 Å². The molecule has 3 heteroatoms. The second kappa shape index (κ2) is 7.59. The third-order valence-electron chi connectivity index (χ3n) is 2.85. The van der Waals surface area contributed by atoms with E-state index in [0.29, 0.717) is 11.7 Å². The monoisotopic (exact) mass is 266 g/mol. The van der Waals surface area contributed by atoms with Crippen molar-refractivity contribution < 1.29 is 9.90 Å². The molecule has 1 unspecified atom stereocenters. The number of aliphatic hydroxyl groups is 1. The van der Waals surface area contributed by atoms with Gasteiger partial charge in [-0.1, -0.05) is 45.0 Å². The molecule has 18 heavy (non-hydrogen) atoms. The van der Waals surface area contributed by atoms with Gasteiger partial charge in [-0.05, 0) is 23.2 Å². The molecule has 0 spiro atoms. The molecule has 1 atom stereocenters. The number of hydrogen-bond acceptors (Lipinski definition) is 3. The van der Waals surface area contributed by atoms with Crippen molar-refractivity contribution in [2.24, 2.45) is 5.92 Å². The SMILES string of the molecule is CC(CO)CSCC(=O)c1ccc(C(C)C)cc1. The molecule has 1 rings (SSSR count). The molecule has 0 heterocycles. The quantitative estimate of drug-likeness (QED) is 0.769. The molecule has 1 aromatic rings. The molecule has 1 N–H and O–H groups in total. The van der Waals surface area contributed by atoms with Gasteiger partial charge in [0.25, 0.3) is 0 Å². The van der Waals surface area contributed by atoms with Gasteiger partial charge in [-0.3, -0.25) is 4.79 Å². The Hall–Kier alpha value is -0.800. The van der Waals surface area contributed by atoms with Crippen molar-refractivity contribution in [3.63, 3.8) is 0 Å². The smallest absolute Gasteiger partial charge is 0.172 e. The molecule has 2 nitrogen and oxygen atoms in total. The number of thioether (sulfide) groups is 1. The zero-order valence-corrected chi connectivity index (χ0v) is 12.2. The predicted octanol–water partition coefficient (Wildman–Crippen LogP) is 3.35. The Bertz CT molecular complexity index is 371. The maximum Gasteiger partial charge on any atom is 0.172 e. The van der Waals surface area contributed by atoms with Crippen LogP contribution in [0.25, 0.3) is 0 Å². The van der Waals surface area contributed by atoms with Crippen LogP contribution in [-0.2, 0) is 0 Å². The molecule has 1 aromatic carbocycles. The third-order valence-corrected chi connectivity index (χ3v) is 4.12. The van der Waals surface area contributed by atoms with Crippen LogP contribution in [0.1, 0.15) is 42.6 Å². The lowest BCUT2D eigenvalue weighted by Crippen LogP contribution is -2.08. The van der Waals surface area contributed by atoms with Crippen LogP contribution in [0, 0.1) is 5.92 Å². The first-order valence-electron chi connectivity index (χ1n) is 6.36. The Labute approximate surface area is 114 Å². The lowest BCUT2D eigenvalue weighted by Gasteiger charge is -2.08. The summed E-state index contributed by atoms with van der Waals surface area (Å²) in [5, 5.41) is 8.90. The van der Waals surface area contributed by atoms with Gasteiger partial charge in [-0.25, -0.2) is 0 Å². The molecule has 0 aliphatic carbocycles. The van der Waals surface area contributed by atoms with Crippen LogP contribution >= 0.6 is 11.8 Å². The molecule has 0 fully saturated rings. The summed E-state index contributed by atoms with van der Waals surface area (Å²) in [5.41, 5.74) is 2.04. The molecule has 0 amide bonds. The van der Waals surface area contributed by atoms with Gasteiger partial charge in [0.2, 0.25) is 0 Å². The first-order chi connectivity index (χ1) is 8.54. The maximum absolute atomic E-state index is 11.9. The van der Waals surface area contributed by atoms with Crippen molar-refractivity contribution in [1.29, 1.82) is 0 Å². The van der Waals surface area contributed by atoms with Crippen LogP contribution < -0.4 is 0 Å². The van der Waals surface area contributed by atoms with E-state index in [1.165, 1.54) is 5.56 Å². The second-order valence-electron chi connectivity index (χ2n) is 5.00. The van der Waals surface area contributed by atoms with E-state index in [1.54, 1.807) is 11.8 Å². The van der Waals surface area contributed by atoms with Crippen molar-refractivity contribution in [3.8, 4) is 0 Å². The van der Waals surface area contributed by atoms with E-state index in [1.807, 2.05) is 31.2 Å². The summed E-state index contributed by atoms with van der Waals surface area (Å²) in [6.07, 6.45) is 0. The van der Waals surface area contributed by atoms with Gasteiger partial charge in [0, 0.05) is 12.2 Å².